The number of rotatable bonds is 3. The van der Waals surface area contributed by atoms with Gasteiger partial charge in [0.1, 0.15) is 0 Å². The second kappa shape index (κ2) is 6.17. The smallest absolute Gasteiger partial charge is 0.210 e. The Labute approximate surface area is 146 Å². The lowest BCUT2D eigenvalue weighted by molar-refractivity contribution is -0.121. The lowest BCUT2D eigenvalue weighted by atomic mass is 10.0. The lowest BCUT2D eigenvalue weighted by Gasteiger charge is -2.26. The van der Waals surface area contributed by atoms with E-state index < -0.39 is 0 Å². The second-order valence-electron chi connectivity index (χ2n) is 6.06. The van der Waals surface area contributed by atoms with Gasteiger partial charge in [-0.25, -0.2) is 0 Å². The highest BCUT2D eigenvalue weighted by Gasteiger charge is 2.27. The summed E-state index contributed by atoms with van der Waals surface area (Å²) in [6.07, 6.45) is 3.78. The second-order valence-corrected chi connectivity index (χ2v) is 6.49. The molecule has 3 aromatic rings. The fourth-order valence-electron chi connectivity index (χ4n) is 3.42. The number of fused-ring (bicyclic) bond motifs is 3. The average Bonchev–Trinajstić information content (AvgIpc) is 3.05. The van der Waals surface area contributed by atoms with Crippen LogP contribution < -0.4 is 0 Å². The number of amides is 1. The minimum absolute atomic E-state index is 0.00826. The van der Waals surface area contributed by atoms with E-state index in [-0.39, 0.29) is 6.04 Å². The Hall–Kier alpha value is -2.52. The van der Waals surface area contributed by atoms with Gasteiger partial charge in [-0.05, 0) is 47.9 Å². The number of benzene rings is 2. The molecule has 1 amide bonds. The van der Waals surface area contributed by atoms with Gasteiger partial charge in [0.15, 0.2) is 0 Å². The van der Waals surface area contributed by atoms with Gasteiger partial charge in [0.05, 0.1) is 11.7 Å². The molecule has 1 unspecified atom stereocenters. The first-order chi connectivity index (χ1) is 11.8. The number of nitrogens with zero attached hydrogens (tertiary/aromatic N) is 2. The number of carbonyl (C=O) groups is 1. The van der Waals surface area contributed by atoms with Crippen molar-refractivity contribution < 1.29 is 4.79 Å². The monoisotopic (exact) mass is 336 g/mol. The van der Waals surface area contributed by atoms with Crippen molar-refractivity contribution in [3.63, 3.8) is 0 Å². The Morgan fingerprint density at radius 3 is 2.62 bits per heavy atom. The summed E-state index contributed by atoms with van der Waals surface area (Å²) < 4.78 is 2.19. The van der Waals surface area contributed by atoms with Gasteiger partial charge in [0, 0.05) is 23.5 Å². The van der Waals surface area contributed by atoms with Crippen LogP contribution in [0.25, 0.3) is 5.69 Å². The van der Waals surface area contributed by atoms with Gasteiger partial charge < -0.3 is 9.47 Å². The molecule has 1 aliphatic rings. The molecule has 0 saturated heterocycles. The molecule has 0 N–H and O–H groups in total. The van der Waals surface area contributed by atoms with Gasteiger partial charge in [-0.3, -0.25) is 4.79 Å². The summed E-state index contributed by atoms with van der Waals surface area (Å²) in [6.45, 7) is 0.611. The Kier molecular flexibility index (Phi) is 3.87. The van der Waals surface area contributed by atoms with E-state index in [1.807, 2.05) is 47.4 Å². The molecule has 24 heavy (non-hydrogen) atoms. The number of aromatic nitrogens is 1. The first-order valence-electron chi connectivity index (χ1n) is 7.97. The first-order valence-corrected chi connectivity index (χ1v) is 8.35. The van der Waals surface area contributed by atoms with Crippen molar-refractivity contribution in [2.45, 2.75) is 19.0 Å². The standard InChI is InChI=1S/C20H17ClN2O/c21-17-9-7-15(8-10-17)12-20-19-6-3-11-23(19)18-5-2-1-4-16(18)13-22(20)14-24/h1-11,14,20H,12-13H2. The van der Waals surface area contributed by atoms with Crippen LogP contribution in [0.1, 0.15) is 22.9 Å². The highest BCUT2D eigenvalue weighted by atomic mass is 35.5. The zero-order valence-corrected chi connectivity index (χ0v) is 13.9. The summed E-state index contributed by atoms with van der Waals surface area (Å²) in [5.74, 6) is 0. The van der Waals surface area contributed by atoms with E-state index in [0.29, 0.717) is 6.54 Å². The number of carbonyl (C=O) groups excluding carboxylic acids is 1. The maximum absolute atomic E-state index is 11.8. The summed E-state index contributed by atoms with van der Waals surface area (Å²) in [7, 11) is 0. The van der Waals surface area contributed by atoms with Crippen LogP contribution in [0.3, 0.4) is 0 Å². The van der Waals surface area contributed by atoms with Crippen molar-refractivity contribution in [2.75, 3.05) is 0 Å². The molecule has 4 rings (SSSR count). The van der Waals surface area contributed by atoms with Gasteiger partial charge in [0.2, 0.25) is 6.41 Å². The molecular weight excluding hydrogens is 320 g/mol. The fraction of sp³-hybridized carbons (Fsp3) is 0.150. The predicted octanol–water partition coefficient (Wildman–Crippen LogP) is 4.39. The average molecular weight is 337 g/mol. The number of halogens is 1. The molecule has 1 aliphatic heterocycles. The van der Waals surface area contributed by atoms with Crippen molar-refractivity contribution in [3.05, 3.63) is 88.7 Å². The van der Waals surface area contributed by atoms with E-state index >= 15 is 0 Å². The topological polar surface area (TPSA) is 25.2 Å². The van der Waals surface area contributed by atoms with E-state index in [4.69, 9.17) is 11.6 Å². The van der Waals surface area contributed by atoms with Crippen LogP contribution in [0.15, 0.2) is 66.9 Å². The quantitative estimate of drug-likeness (QED) is 0.651. The molecule has 0 fully saturated rings. The Balaban J connectivity index is 1.79. The molecule has 0 aliphatic carbocycles. The van der Waals surface area contributed by atoms with Gasteiger partial charge in [-0.1, -0.05) is 41.9 Å². The van der Waals surface area contributed by atoms with Crippen molar-refractivity contribution in [1.82, 2.24) is 9.47 Å². The summed E-state index contributed by atoms with van der Waals surface area (Å²) in [6, 6.07) is 20.2. The molecule has 1 aromatic heterocycles. The van der Waals surface area contributed by atoms with Crippen molar-refractivity contribution in [1.29, 1.82) is 0 Å². The van der Waals surface area contributed by atoms with Gasteiger partial charge in [0.25, 0.3) is 0 Å². The molecule has 0 radical (unpaired) electrons. The molecule has 2 heterocycles. The molecule has 0 bridgehead atoms. The highest BCUT2D eigenvalue weighted by molar-refractivity contribution is 6.30. The number of para-hydroxylation sites is 1. The van der Waals surface area contributed by atoms with Gasteiger partial charge >= 0.3 is 0 Å². The zero-order chi connectivity index (χ0) is 16.5. The summed E-state index contributed by atoms with van der Waals surface area (Å²) >= 11 is 5.99. The molecule has 1 atom stereocenters. The Morgan fingerprint density at radius 1 is 1.04 bits per heavy atom. The van der Waals surface area contributed by atoms with E-state index in [1.165, 1.54) is 0 Å². The Bertz CT molecular complexity index is 869. The number of hydrogen-bond acceptors (Lipinski definition) is 1. The molecule has 0 spiro atoms. The first kappa shape index (κ1) is 15.0. The SMILES string of the molecule is O=CN1Cc2ccccc2-n2cccc2C1Cc1ccc(Cl)cc1. The third-order valence-electron chi connectivity index (χ3n) is 4.60. The third kappa shape index (κ3) is 2.61. The summed E-state index contributed by atoms with van der Waals surface area (Å²) in [5.41, 5.74) is 4.58. The van der Waals surface area contributed by atoms with Crippen molar-refractivity contribution in [2.24, 2.45) is 0 Å². The van der Waals surface area contributed by atoms with E-state index in [1.54, 1.807) is 0 Å². The minimum Gasteiger partial charge on any atom is -0.332 e. The van der Waals surface area contributed by atoms with Crippen LogP contribution in [0.5, 0.6) is 0 Å². The highest BCUT2D eigenvalue weighted by Crippen LogP contribution is 2.33. The van der Waals surface area contributed by atoms with E-state index in [2.05, 4.69) is 29.0 Å². The largest absolute Gasteiger partial charge is 0.332 e. The third-order valence-corrected chi connectivity index (χ3v) is 4.86. The molecule has 3 nitrogen and oxygen atoms in total. The maximum atomic E-state index is 11.8. The predicted molar refractivity (Wildman–Crippen MR) is 95.3 cm³/mol. The summed E-state index contributed by atoms with van der Waals surface area (Å²) in [5, 5.41) is 0.725. The van der Waals surface area contributed by atoms with Crippen LogP contribution in [-0.2, 0) is 17.8 Å². The van der Waals surface area contributed by atoms with Crippen molar-refractivity contribution >= 4 is 18.0 Å². The van der Waals surface area contributed by atoms with Crippen LogP contribution in [0, 0.1) is 0 Å². The van der Waals surface area contributed by atoms with E-state index in [9.17, 15) is 4.79 Å². The summed E-state index contributed by atoms with van der Waals surface area (Å²) in [4.78, 5) is 13.7. The number of hydrogen-bond donors (Lipinski definition) is 0. The zero-order valence-electron chi connectivity index (χ0n) is 13.1. The molecule has 0 saturated carbocycles. The molecule has 2 aromatic carbocycles. The fourth-order valence-corrected chi connectivity index (χ4v) is 3.54. The normalized spacial score (nSPS) is 16.2. The molecular formula is C20H17ClN2O. The Morgan fingerprint density at radius 2 is 1.83 bits per heavy atom. The van der Waals surface area contributed by atoms with Crippen molar-refractivity contribution in [3.8, 4) is 5.69 Å². The van der Waals surface area contributed by atoms with Gasteiger partial charge in [-0.2, -0.15) is 0 Å². The maximum Gasteiger partial charge on any atom is 0.210 e. The molecule has 4 heteroatoms. The van der Waals surface area contributed by atoms with Gasteiger partial charge in [-0.15, -0.1) is 0 Å². The van der Waals surface area contributed by atoms with Crippen LogP contribution >= 0.6 is 11.6 Å². The molecule has 120 valence electrons. The lowest BCUT2D eigenvalue weighted by Crippen LogP contribution is -2.28. The van der Waals surface area contributed by atoms with E-state index in [0.717, 1.165) is 40.4 Å². The minimum atomic E-state index is -0.00826. The van der Waals surface area contributed by atoms with Crippen LogP contribution in [-0.4, -0.2) is 15.9 Å². The van der Waals surface area contributed by atoms with Crippen LogP contribution in [0.2, 0.25) is 5.02 Å². The van der Waals surface area contributed by atoms with Crippen LogP contribution in [0.4, 0.5) is 0 Å².